The van der Waals surface area contributed by atoms with Gasteiger partial charge in [0.1, 0.15) is 0 Å². The van der Waals surface area contributed by atoms with Crippen molar-refractivity contribution >= 4 is 17.0 Å². The first-order valence-electron chi connectivity index (χ1n) is 6.12. The Labute approximate surface area is 109 Å². The SMILES string of the molecule is CC(C)n1c(=O)[nH]c2cc(C(CN)C(=O)O)ccc21. The minimum Gasteiger partial charge on any atom is -0.481 e. The molecule has 0 radical (unpaired) electrons. The van der Waals surface area contributed by atoms with Gasteiger partial charge < -0.3 is 15.8 Å². The summed E-state index contributed by atoms with van der Waals surface area (Å²) >= 11 is 0. The second-order valence-electron chi connectivity index (χ2n) is 4.80. The van der Waals surface area contributed by atoms with Crippen molar-refractivity contribution in [3.63, 3.8) is 0 Å². The Morgan fingerprint density at radius 2 is 2.16 bits per heavy atom. The van der Waals surface area contributed by atoms with Crippen molar-refractivity contribution in [2.45, 2.75) is 25.8 Å². The number of nitrogens with one attached hydrogen (secondary N) is 1. The highest BCUT2D eigenvalue weighted by molar-refractivity contribution is 5.81. The molecule has 4 N–H and O–H groups in total. The lowest BCUT2D eigenvalue weighted by atomic mass is 9.99. The summed E-state index contributed by atoms with van der Waals surface area (Å²) in [5.74, 6) is -1.72. The number of aliphatic carboxylic acids is 1. The van der Waals surface area contributed by atoms with Gasteiger partial charge in [-0.15, -0.1) is 0 Å². The molecular formula is C13H17N3O3. The fraction of sp³-hybridized carbons (Fsp3) is 0.385. The second kappa shape index (κ2) is 4.89. The van der Waals surface area contributed by atoms with Crippen LogP contribution < -0.4 is 11.4 Å². The highest BCUT2D eigenvalue weighted by atomic mass is 16.4. The van der Waals surface area contributed by atoms with Gasteiger partial charge in [-0.05, 0) is 31.5 Å². The Hall–Kier alpha value is -2.08. The van der Waals surface area contributed by atoms with Crippen LogP contribution in [-0.4, -0.2) is 27.2 Å². The molecule has 6 nitrogen and oxygen atoms in total. The van der Waals surface area contributed by atoms with Gasteiger partial charge in [0.05, 0.1) is 17.0 Å². The van der Waals surface area contributed by atoms with Gasteiger partial charge in [-0.3, -0.25) is 9.36 Å². The minimum absolute atomic E-state index is 0.0238. The number of hydrogen-bond donors (Lipinski definition) is 3. The number of carboxylic acid groups (broad SMARTS) is 1. The van der Waals surface area contributed by atoms with Crippen LogP contribution in [0.15, 0.2) is 23.0 Å². The van der Waals surface area contributed by atoms with E-state index < -0.39 is 11.9 Å². The van der Waals surface area contributed by atoms with E-state index in [2.05, 4.69) is 4.98 Å². The van der Waals surface area contributed by atoms with Gasteiger partial charge in [-0.1, -0.05) is 6.07 Å². The molecule has 1 aromatic heterocycles. The Morgan fingerprint density at radius 3 is 2.68 bits per heavy atom. The lowest BCUT2D eigenvalue weighted by molar-refractivity contribution is -0.138. The minimum atomic E-state index is -0.965. The number of rotatable bonds is 4. The molecule has 0 aliphatic rings. The number of carboxylic acids is 1. The largest absolute Gasteiger partial charge is 0.481 e. The maximum atomic E-state index is 11.8. The van der Waals surface area contributed by atoms with E-state index in [1.54, 1.807) is 22.8 Å². The van der Waals surface area contributed by atoms with Crippen LogP contribution in [0.4, 0.5) is 0 Å². The van der Waals surface area contributed by atoms with E-state index in [0.29, 0.717) is 11.1 Å². The molecule has 2 rings (SSSR count). The van der Waals surface area contributed by atoms with Crippen LogP contribution in [0.5, 0.6) is 0 Å². The van der Waals surface area contributed by atoms with Crippen LogP contribution in [0.3, 0.4) is 0 Å². The maximum Gasteiger partial charge on any atom is 0.326 e. The molecule has 0 saturated heterocycles. The molecule has 1 heterocycles. The van der Waals surface area contributed by atoms with Crippen molar-refractivity contribution < 1.29 is 9.90 Å². The first kappa shape index (κ1) is 13.4. The van der Waals surface area contributed by atoms with Crippen LogP contribution >= 0.6 is 0 Å². The van der Waals surface area contributed by atoms with Gasteiger partial charge in [-0.25, -0.2) is 4.79 Å². The summed E-state index contributed by atoms with van der Waals surface area (Å²) in [6, 6.07) is 5.19. The summed E-state index contributed by atoms with van der Waals surface area (Å²) in [7, 11) is 0. The van der Waals surface area contributed by atoms with Crippen LogP contribution in [0.2, 0.25) is 0 Å². The molecule has 0 bridgehead atoms. The van der Waals surface area contributed by atoms with E-state index in [1.807, 2.05) is 13.8 Å². The standard InChI is InChI=1S/C13H17N3O3/c1-7(2)16-11-4-3-8(9(6-14)12(17)18)5-10(11)15-13(16)19/h3-5,7,9H,6,14H2,1-2H3,(H,15,19)(H,17,18). The average molecular weight is 263 g/mol. The van der Waals surface area contributed by atoms with Gasteiger partial charge >= 0.3 is 11.7 Å². The summed E-state index contributed by atoms with van der Waals surface area (Å²) < 4.78 is 1.64. The molecule has 0 saturated carbocycles. The summed E-state index contributed by atoms with van der Waals surface area (Å²) in [6.45, 7) is 3.86. The normalized spacial score (nSPS) is 13.1. The molecule has 0 aliphatic carbocycles. The van der Waals surface area contributed by atoms with Crippen LogP contribution in [0, 0.1) is 0 Å². The number of aromatic amines is 1. The number of aromatic nitrogens is 2. The van der Waals surface area contributed by atoms with Crippen LogP contribution in [0.25, 0.3) is 11.0 Å². The fourth-order valence-electron chi connectivity index (χ4n) is 2.26. The third-order valence-corrected chi connectivity index (χ3v) is 3.19. The van der Waals surface area contributed by atoms with Gasteiger partial charge in [0.25, 0.3) is 0 Å². The lowest BCUT2D eigenvalue weighted by Crippen LogP contribution is -2.21. The predicted octanol–water partition coefficient (Wildman–Crippen LogP) is 1.04. The zero-order valence-corrected chi connectivity index (χ0v) is 10.9. The number of fused-ring (bicyclic) bond motifs is 1. The van der Waals surface area contributed by atoms with Gasteiger partial charge in [0.15, 0.2) is 0 Å². The van der Waals surface area contributed by atoms with E-state index in [4.69, 9.17) is 10.8 Å². The number of carbonyl (C=O) groups is 1. The van der Waals surface area contributed by atoms with Crippen molar-refractivity contribution in [3.8, 4) is 0 Å². The molecule has 0 aliphatic heterocycles. The molecular weight excluding hydrogens is 246 g/mol. The van der Waals surface area contributed by atoms with Crippen molar-refractivity contribution in [1.29, 1.82) is 0 Å². The van der Waals surface area contributed by atoms with Crippen molar-refractivity contribution in [2.75, 3.05) is 6.54 Å². The smallest absolute Gasteiger partial charge is 0.326 e. The Morgan fingerprint density at radius 1 is 1.47 bits per heavy atom. The topological polar surface area (TPSA) is 101 Å². The number of benzene rings is 1. The molecule has 0 fully saturated rings. The highest BCUT2D eigenvalue weighted by Crippen LogP contribution is 2.21. The molecule has 102 valence electrons. The lowest BCUT2D eigenvalue weighted by Gasteiger charge is -2.11. The molecule has 0 amide bonds. The van der Waals surface area contributed by atoms with Gasteiger partial charge in [0.2, 0.25) is 0 Å². The monoisotopic (exact) mass is 263 g/mol. The Bertz CT molecular complexity index is 669. The van der Waals surface area contributed by atoms with Crippen molar-refractivity contribution in [2.24, 2.45) is 5.73 Å². The zero-order valence-electron chi connectivity index (χ0n) is 10.9. The van der Waals surface area contributed by atoms with E-state index in [-0.39, 0.29) is 18.3 Å². The summed E-state index contributed by atoms with van der Waals surface area (Å²) in [5.41, 5.74) is 7.28. The third kappa shape index (κ3) is 2.26. The zero-order chi connectivity index (χ0) is 14.2. The van der Waals surface area contributed by atoms with Crippen molar-refractivity contribution in [3.05, 3.63) is 34.2 Å². The van der Waals surface area contributed by atoms with E-state index in [0.717, 1.165) is 5.52 Å². The number of imidazole rings is 1. The number of H-pyrrole nitrogens is 1. The second-order valence-corrected chi connectivity index (χ2v) is 4.80. The van der Waals surface area contributed by atoms with Crippen LogP contribution in [0.1, 0.15) is 31.4 Å². The third-order valence-electron chi connectivity index (χ3n) is 3.19. The molecule has 2 aromatic rings. The molecule has 0 spiro atoms. The van der Waals surface area contributed by atoms with E-state index in [1.165, 1.54) is 0 Å². The predicted molar refractivity (Wildman–Crippen MR) is 72.4 cm³/mol. The maximum absolute atomic E-state index is 11.8. The summed E-state index contributed by atoms with van der Waals surface area (Å²) in [6.07, 6.45) is 0. The number of nitrogens with two attached hydrogens (primary N) is 1. The Balaban J connectivity index is 2.60. The number of nitrogens with zero attached hydrogens (tertiary/aromatic N) is 1. The van der Waals surface area contributed by atoms with Crippen molar-refractivity contribution in [1.82, 2.24) is 9.55 Å². The fourth-order valence-corrected chi connectivity index (χ4v) is 2.26. The van der Waals surface area contributed by atoms with E-state index >= 15 is 0 Å². The molecule has 6 heteroatoms. The number of hydrogen-bond acceptors (Lipinski definition) is 3. The van der Waals surface area contributed by atoms with Gasteiger partial charge in [-0.2, -0.15) is 0 Å². The molecule has 1 unspecified atom stereocenters. The quantitative estimate of drug-likeness (QED) is 0.767. The Kier molecular flexibility index (Phi) is 3.44. The first-order valence-corrected chi connectivity index (χ1v) is 6.12. The summed E-state index contributed by atoms with van der Waals surface area (Å²) in [4.78, 5) is 25.7. The molecule has 1 atom stereocenters. The van der Waals surface area contributed by atoms with E-state index in [9.17, 15) is 9.59 Å². The highest BCUT2D eigenvalue weighted by Gasteiger charge is 2.19. The van der Waals surface area contributed by atoms with Gasteiger partial charge in [0, 0.05) is 12.6 Å². The van der Waals surface area contributed by atoms with Crippen LogP contribution in [-0.2, 0) is 4.79 Å². The molecule has 1 aromatic carbocycles. The summed E-state index contributed by atoms with van der Waals surface area (Å²) in [5, 5.41) is 9.09. The first-order chi connectivity index (χ1) is 8.95. The molecule has 19 heavy (non-hydrogen) atoms. The average Bonchev–Trinajstić information content (AvgIpc) is 2.64.